The number of nitrogens with zero attached hydrogens (tertiary/aromatic N) is 4. The van der Waals surface area contributed by atoms with Gasteiger partial charge in [0.15, 0.2) is 0 Å². The SMILES string of the molecule is Clc1ccc(N2[C]N(CN3[C]N(c4ccc(Cl)cc4)C=C3)C=C2)cc1. The van der Waals surface area contributed by atoms with Crippen LogP contribution in [0.1, 0.15) is 0 Å². The lowest BCUT2D eigenvalue weighted by molar-refractivity contribution is 0.307. The van der Waals surface area contributed by atoms with Gasteiger partial charge in [0.2, 0.25) is 13.3 Å². The second-order valence-corrected chi connectivity index (χ2v) is 6.44. The summed E-state index contributed by atoms with van der Waals surface area (Å²) in [5.41, 5.74) is 2.02. The molecule has 4 rings (SSSR count). The molecule has 0 bridgehead atoms. The predicted molar refractivity (Wildman–Crippen MR) is 101 cm³/mol. The molecule has 2 aliphatic rings. The van der Waals surface area contributed by atoms with Crippen molar-refractivity contribution < 1.29 is 0 Å². The Morgan fingerprint density at radius 3 is 1.40 bits per heavy atom. The molecule has 0 amide bonds. The van der Waals surface area contributed by atoms with E-state index in [0.29, 0.717) is 6.67 Å². The average molecular weight is 369 g/mol. The van der Waals surface area contributed by atoms with Crippen molar-refractivity contribution in [3.8, 4) is 0 Å². The highest BCUT2D eigenvalue weighted by Gasteiger charge is 2.22. The van der Waals surface area contributed by atoms with Crippen LogP contribution in [-0.4, -0.2) is 16.5 Å². The molecule has 0 N–H and O–H groups in total. The number of hydrogen-bond donors (Lipinski definition) is 0. The molecule has 2 aromatic carbocycles. The van der Waals surface area contributed by atoms with Gasteiger partial charge in [-0.15, -0.1) is 0 Å². The number of hydrogen-bond acceptors (Lipinski definition) is 4. The monoisotopic (exact) mass is 368 g/mol. The quantitative estimate of drug-likeness (QED) is 0.765. The van der Waals surface area contributed by atoms with Crippen LogP contribution in [0.4, 0.5) is 11.4 Å². The molecule has 4 nitrogen and oxygen atoms in total. The first-order chi connectivity index (χ1) is 12.2. The molecule has 6 heteroatoms. The molecule has 124 valence electrons. The minimum Gasteiger partial charge on any atom is -0.328 e. The van der Waals surface area contributed by atoms with E-state index < -0.39 is 0 Å². The Kier molecular flexibility index (Phi) is 4.47. The van der Waals surface area contributed by atoms with Crippen molar-refractivity contribution >= 4 is 34.6 Å². The van der Waals surface area contributed by atoms with E-state index >= 15 is 0 Å². The highest BCUT2D eigenvalue weighted by molar-refractivity contribution is 6.30. The number of anilines is 2. The van der Waals surface area contributed by atoms with Gasteiger partial charge in [0.1, 0.15) is 0 Å². The summed E-state index contributed by atoms with van der Waals surface area (Å²) >= 11 is 11.9. The van der Waals surface area contributed by atoms with Crippen molar-refractivity contribution in [1.29, 1.82) is 0 Å². The van der Waals surface area contributed by atoms with Crippen LogP contribution in [0.5, 0.6) is 0 Å². The molecule has 0 saturated carbocycles. The van der Waals surface area contributed by atoms with Gasteiger partial charge in [-0.05, 0) is 48.5 Å². The Morgan fingerprint density at radius 2 is 1.00 bits per heavy atom. The fourth-order valence-corrected chi connectivity index (χ4v) is 2.77. The third kappa shape index (κ3) is 3.70. The second-order valence-electron chi connectivity index (χ2n) is 5.57. The highest BCUT2D eigenvalue weighted by atomic mass is 35.5. The van der Waals surface area contributed by atoms with Crippen molar-refractivity contribution in [3.05, 3.63) is 96.7 Å². The zero-order chi connectivity index (χ0) is 17.2. The fraction of sp³-hybridized carbons (Fsp3) is 0.0526. The normalized spacial score (nSPS) is 16.4. The summed E-state index contributed by atoms with van der Waals surface area (Å²) in [6.07, 6.45) is 7.85. The molecule has 0 spiro atoms. The van der Waals surface area contributed by atoms with E-state index in [-0.39, 0.29) is 0 Å². The molecule has 0 fully saturated rings. The summed E-state index contributed by atoms with van der Waals surface area (Å²) in [4.78, 5) is 7.76. The summed E-state index contributed by atoms with van der Waals surface area (Å²) in [6, 6.07) is 15.3. The van der Waals surface area contributed by atoms with Gasteiger partial charge in [0.05, 0.1) is 6.67 Å². The zero-order valence-electron chi connectivity index (χ0n) is 13.2. The van der Waals surface area contributed by atoms with E-state index in [0.717, 1.165) is 21.4 Å². The Labute approximate surface area is 157 Å². The van der Waals surface area contributed by atoms with Gasteiger partial charge in [-0.1, -0.05) is 23.2 Å². The van der Waals surface area contributed by atoms with Gasteiger partial charge in [-0.3, -0.25) is 0 Å². The van der Waals surface area contributed by atoms with E-state index in [1.54, 1.807) is 0 Å². The molecule has 2 aliphatic heterocycles. The fourth-order valence-electron chi connectivity index (χ4n) is 2.52. The lowest BCUT2D eigenvalue weighted by Crippen LogP contribution is -2.30. The highest BCUT2D eigenvalue weighted by Crippen LogP contribution is 2.26. The minimum atomic E-state index is 0.612. The van der Waals surface area contributed by atoms with Crippen molar-refractivity contribution in [3.63, 3.8) is 0 Å². The van der Waals surface area contributed by atoms with Crippen LogP contribution < -0.4 is 9.80 Å². The Balaban J connectivity index is 1.32. The van der Waals surface area contributed by atoms with Gasteiger partial charge in [0, 0.05) is 46.2 Å². The maximum atomic E-state index is 5.93. The van der Waals surface area contributed by atoms with E-state index in [1.165, 1.54) is 0 Å². The van der Waals surface area contributed by atoms with Gasteiger partial charge >= 0.3 is 0 Å². The third-order valence-corrected chi connectivity index (χ3v) is 4.28. The first-order valence-electron chi connectivity index (χ1n) is 7.69. The van der Waals surface area contributed by atoms with Crippen LogP contribution in [-0.2, 0) is 0 Å². The van der Waals surface area contributed by atoms with Crippen LogP contribution in [0.15, 0.2) is 73.3 Å². The van der Waals surface area contributed by atoms with Crippen LogP contribution in [0.3, 0.4) is 0 Å². The maximum Gasteiger partial charge on any atom is 0.214 e. The third-order valence-electron chi connectivity index (χ3n) is 3.78. The lowest BCUT2D eigenvalue weighted by atomic mass is 10.3. The topological polar surface area (TPSA) is 13.0 Å². The van der Waals surface area contributed by atoms with Gasteiger partial charge in [0.25, 0.3) is 0 Å². The predicted octanol–water partition coefficient (Wildman–Crippen LogP) is 4.83. The molecule has 0 saturated heterocycles. The lowest BCUT2D eigenvalue weighted by Gasteiger charge is -2.25. The standard InChI is InChI=1S/C19H14Cl2N4/c20-16-1-5-18(6-2-16)24-11-9-22(14-24)13-23-10-12-25(15-23)19-7-3-17(21)4-8-19/h1-12H,13H2. The van der Waals surface area contributed by atoms with Crippen molar-refractivity contribution in [2.24, 2.45) is 0 Å². The van der Waals surface area contributed by atoms with Crippen LogP contribution in [0.25, 0.3) is 0 Å². The summed E-state index contributed by atoms with van der Waals surface area (Å²) in [7, 11) is 0. The molecular formula is C19H14Cl2N4. The van der Waals surface area contributed by atoms with E-state index in [9.17, 15) is 0 Å². The van der Waals surface area contributed by atoms with Crippen molar-refractivity contribution in [2.45, 2.75) is 0 Å². The van der Waals surface area contributed by atoms with Crippen LogP contribution in [0, 0.1) is 13.3 Å². The zero-order valence-corrected chi connectivity index (χ0v) is 14.7. The summed E-state index contributed by atoms with van der Waals surface area (Å²) in [5, 5.41) is 1.44. The maximum absolute atomic E-state index is 5.93. The molecular weight excluding hydrogens is 355 g/mol. The largest absolute Gasteiger partial charge is 0.328 e. The minimum absolute atomic E-state index is 0.612. The number of rotatable bonds is 4. The molecule has 2 heterocycles. The Hall–Kier alpha value is -2.30. The second kappa shape index (κ2) is 6.90. The number of halogens is 2. The van der Waals surface area contributed by atoms with Crippen LogP contribution in [0.2, 0.25) is 10.0 Å². The van der Waals surface area contributed by atoms with Crippen molar-refractivity contribution in [1.82, 2.24) is 9.80 Å². The smallest absolute Gasteiger partial charge is 0.214 e. The molecule has 0 aliphatic carbocycles. The van der Waals surface area contributed by atoms with E-state index in [1.807, 2.05) is 92.9 Å². The first kappa shape index (κ1) is 16.2. The van der Waals surface area contributed by atoms with Gasteiger partial charge in [-0.2, -0.15) is 0 Å². The van der Waals surface area contributed by atoms with Crippen molar-refractivity contribution in [2.75, 3.05) is 16.5 Å². The number of benzene rings is 2. The van der Waals surface area contributed by atoms with Gasteiger partial charge in [-0.25, -0.2) is 0 Å². The van der Waals surface area contributed by atoms with Crippen LogP contribution >= 0.6 is 23.2 Å². The average Bonchev–Trinajstić information content (AvgIpc) is 3.27. The molecule has 0 atom stereocenters. The molecule has 0 aromatic heterocycles. The van der Waals surface area contributed by atoms with Gasteiger partial charge < -0.3 is 19.6 Å². The summed E-state index contributed by atoms with van der Waals surface area (Å²) in [5.74, 6) is 0. The Bertz CT molecular complexity index is 719. The molecule has 0 unspecified atom stereocenters. The molecule has 2 aromatic rings. The first-order valence-corrected chi connectivity index (χ1v) is 8.45. The van der Waals surface area contributed by atoms with E-state index in [2.05, 4.69) is 13.3 Å². The summed E-state index contributed by atoms with van der Waals surface area (Å²) < 4.78 is 0. The molecule has 4 radical (unpaired) electrons. The molecule has 25 heavy (non-hydrogen) atoms. The van der Waals surface area contributed by atoms with E-state index in [4.69, 9.17) is 23.2 Å². The Morgan fingerprint density at radius 1 is 0.600 bits per heavy atom. The summed E-state index contributed by atoms with van der Waals surface area (Å²) in [6.45, 7) is 7.17.